The predicted octanol–water partition coefficient (Wildman–Crippen LogP) is 6.06. The molecule has 16 rings (SSSR count). The average molecular weight is 961 g/mol. The smallest absolute Gasteiger partial charge is 0.320 e. The molecule has 8 atom stereocenters. The Morgan fingerprint density at radius 2 is 1.14 bits per heavy atom. The molecule has 19 nitrogen and oxygen atoms in total. The minimum Gasteiger partial charge on any atom is -0.392 e. The van der Waals surface area contributed by atoms with Crippen LogP contribution in [-0.2, 0) is 0 Å². The number of hydrogen-bond donors (Lipinski definition) is 8. The molecule has 2 amide bonds. The van der Waals surface area contributed by atoms with Crippen LogP contribution in [0.5, 0.6) is 0 Å². The number of halogens is 2. The van der Waals surface area contributed by atoms with Gasteiger partial charge in [-0.3, -0.25) is 5.32 Å². The SMILES string of the molecule is NC1C2CC3CC1CC(C(O)CC1c4c(F)cccc4-c4cncn41)(C3)C2.Nc1nonc1N.Nc1nonc1NC(=O)NC1C2CC3CC1CC(C(O)CC1c4c(F)cccc4-c4cncn41)(C3)C2. The van der Waals surface area contributed by atoms with Crippen LogP contribution < -0.4 is 33.6 Å². The van der Waals surface area contributed by atoms with Gasteiger partial charge < -0.3 is 47.6 Å². The van der Waals surface area contributed by atoms with Crippen molar-refractivity contribution in [2.24, 2.45) is 52.1 Å². The van der Waals surface area contributed by atoms with Crippen molar-refractivity contribution >= 4 is 29.3 Å². The van der Waals surface area contributed by atoms with Gasteiger partial charge >= 0.3 is 6.03 Å². The monoisotopic (exact) mass is 960 g/mol. The zero-order chi connectivity index (χ0) is 48.2. The molecule has 0 saturated heterocycles. The quantitative estimate of drug-likeness (QED) is 0.0861. The summed E-state index contributed by atoms with van der Waals surface area (Å²) in [6.45, 7) is 0. The summed E-state index contributed by atoms with van der Waals surface area (Å²) in [7, 11) is 0. The Kier molecular flexibility index (Phi) is 10.8. The van der Waals surface area contributed by atoms with Crippen molar-refractivity contribution in [2.75, 3.05) is 22.5 Å². The summed E-state index contributed by atoms with van der Waals surface area (Å²) < 4.78 is 42.3. The highest BCUT2D eigenvalue weighted by atomic mass is 19.1. The normalized spacial score (nSPS) is 32.7. The van der Waals surface area contributed by atoms with E-state index in [0.717, 1.165) is 79.4 Å². The molecule has 2 aliphatic heterocycles. The average Bonchev–Trinajstić information content (AvgIpc) is 4.21. The van der Waals surface area contributed by atoms with Crippen LogP contribution in [0.2, 0.25) is 0 Å². The van der Waals surface area contributed by atoms with Gasteiger partial charge in [0, 0.05) is 34.3 Å². The maximum atomic E-state index is 14.9. The first-order chi connectivity index (χ1) is 33.8. The van der Waals surface area contributed by atoms with Crippen LogP contribution >= 0.6 is 0 Å². The molecule has 2 aromatic carbocycles. The lowest BCUT2D eigenvalue weighted by Gasteiger charge is -2.61. The Hall–Kier alpha value is -6.45. The summed E-state index contributed by atoms with van der Waals surface area (Å²) in [4.78, 5) is 21.2. The van der Waals surface area contributed by atoms with Gasteiger partial charge in [-0.25, -0.2) is 32.8 Å². The molecule has 8 aliphatic carbocycles. The number of aliphatic hydroxyl groups is 2. The van der Waals surface area contributed by atoms with Crippen molar-refractivity contribution < 1.29 is 33.0 Å². The zero-order valence-electron chi connectivity index (χ0n) is 38.4. The maximum Gasteiger partial charge on any atom is 0.320 e. The van der Waals surface area contributed by atoms with Gasteiger partial charge in [-0.1, -0.05) is 24.3 Å². The molecule has 8 fully saturated rings. The first kappa shape index (κ1) is 44.7. The van der Waals surface area contributed by atoms with E-state index in [1.54, 1.807) is 37.2 Å². The lowest BCUT2D eigenvalue weighted by molar-refractivity contribution is -0.135. The number of benzene rings is 2. The van der Waals surface area contributed by atoms with E-state index in [0.29, 0.717) is 48.1 Å². The summed E-state index contributed by atoms with van der Waals surface area (Å²) in [6, 6.07) is 9.89. The van der Waals surface area contributed by atoms with Gasteiger partial charge in [-0.15, -0.1) is 0 Å². The van der Waals surface area contributed by atoms with Crippen molar-refractivity contribution in [3.63, 3.8) is 0 Å². The van der Waals surface area contributed by atoms with Gasteiger partial charge in [0.05, 0.1) is 60.7 Å². The Bertz CT molecular complexity index is 2890. The van der Waals surface area contributed by atoms with E-state index in [1.807, 2.05) is 21.3 Å². The van der Waals surface area contributed by atoms with Gasteiger partial charge in [0.2, 0.25) is 23.3 Å². The molecule has 21 heteroatoms. The fourth-order valence-electron chi connectivity index (χ4n) is 15.4. The fraction of sp³-hybridized carbons (Fsp3) is 0.531. The molecular weight excluding hydrogens is 903 g/mol. The van der Waals surface area contributed by atoms with Crippen molar-refractivity contribution in [1.29, 1.82) is 0 Å². The number of nitrogens with two attached hydrogens (primary N) is 4. The van der Waals surface area contributed by atoms with Crippen molar-refractivity contribution in [3.05, 3.63) is 84.2 Å². The van der Waals surface area contributed by atoms with Crippen LogP contribution in [0.15, 0.2) is 70.7 Å². The maximum absolute atomic E-state index is 14.9. The molecule has 8 bridgehead atoms. The van der Waals surface area contributed by atoms with Crippen LogP contribution in [0, 0.1) is 58.0 Å². The summed E-state index contributed by atoms with van der Waals surface area (Å²) >= 11 is 0. The molecule has 8 unspecified atom stereocenters. The number of urea groups is 1. The largest absolute Gasteiger partial charge is 0.392 e. The summed E-state index contributed by atoms with van der Waals surface area (Å²) in [6.07, 6.45) is 17.5. The van der Waals surface area contributed by atoms with Gasteiger partial charge in [0.15, 0.2) is 0 Å². The number of nitrogen functional groups attached to an aromatic ring is 3. The molecule has 8 saturated carbocycles. The number of rotatable bonds is 8. The molecule has 0 radical (unpaired) electrons. The highest BCUT2D eigenvalue weighted by molar-refractivity contribution is 5.90. The molecular formula is C49H58F2N14O5. The van der Waals surface area contributed by atoms with Crippen LogP contribution in [0.1, 0.15) is 100 Å². The number of fused-ring (bicyclic) bond motifs is 6. The third-order valence-electron chi connectivity index (χ3n) is 17.9. The molecule has 12 N–H and O–H groups in total. The Morgan fingerprint density at radius 3 is 1.60 bits per heavy atom. The van der Waals surface area contributed by atoms with E-state index in [-0.39, 0.29) is 81.7 Å². The number of imidazole rings is 2. The predicted molar refractivity (Wildman–Crippen MR) is 250 cm³/mol. The van der Waals surface area contributed by atoms with E-state index in [4.69, 9.17) is 22.9 Å². The minimum absolute atomic E-state index is 0.0212. The number of amides is 2. The third kappa shape index (κ3) is 7.32. The second-order valence-electron chi connectivity index (χ2n) is 21.7. The van der Waals surface area contributed by atoms with Gasteiger partial charge in [-0.05, 0) is 156 Å². The number of aliphatic hydroxyl groups excluding tert-OH is 2. The van der Waals surface area contributed by atoms with Crippen LogP contribution in [0.3, 0.4) is 0 Å². The lowest BCUT2D eigenvalue weighted by atomic mass is 9.46. The fourth-order valence-corrected chi connectivity index (χ4v) is 15.4. The number of aromatic nitrogens is 8. The van der Waals surface area contributed by atoms with E-state index in [2.05, 4.69) is 50.5 Å². The summed E-state index contributed by atoms with van der Waals surface area (Å²) in [5.74, 6) is 2.91. The van der Waals surface area contributed by atoms with E-state index in [1.165, 1.54) is 25.0 Å². The highest BCUT2D eigenvalue weighted by Crippen LogP contribution is 2.64. The molecule has 6 heterocycles. The second kappa shape index (κ2) is 16.9. The number of carbonyl (C=O) groups is 1. The molecule has 368 valence electrons. The van der Waals surface area contributed by atoms with Crippen molar-refractivity contribution in [3.8, 4) is 22.5 Å². The topological polar surface area (TPSA) is 299 Å². The van der Waals surface area contributed by atoms with Gasteiger partial charge in [0.1, 0.15) is 11.6 Å². The van der Waals surface area contributed by atoms with Crippen LogP contribution in [0.4, 0.5) is 36.8 Å². The summed E-state index contributed by atoms with van der Waals surface area (Å²) in [5.41, 5.74) is 27.0. The second-order valence-corrected chi connectivity index (χ2v) is 21.7. The minimum atomic E-state index is -0.577. The van der Waals surface area contributed by atoms with Crippen LogP contribution in [-0.4, -0.2) is 80.3 Å². The van der Waals surface area contributed by atoms with Crippen molar-refractivity contribution in [1.82, 2.24) is 45.0 Å². The number of carbonyl (C=O) groups excluding carboxylic acids is 1. The van der Waals surface area contributed by atoms with Crippen LogP contribution in [0.25, 0.3) is 22.5 Å². The standard InChI is InChI=1S/C25H28FN7O3.C22H26FN3O.C2H4N4O/c26-16-3-1-2-15-18-10-28-11-33(18)17(20(15)16)6-19(34)25-7-12-4-13(8-25)21(14(5-12)9-25)29-24(35)30-23-22(27)31-36-32-23;23-16-3-1-2-15-18-10-25-11-26(18)17(20(15)16)6-19(27)22-7-12-4-13(8-22)21(24)14(5-12)9-22;3-1-2(4)6-7-5-1/h1-3,10-14,17,19,21,34H,4-9H2,(H2,27,31)(H2,29,30,32,35);1-3,10-14,17,19,21,27H,4-9,24H2;(H2,3,5)(H2,4,6). The number of nitrogens with one attached hydrogen (secondary N) is 2. The zero-order valence-corrected chi connectivity index (χ0v) is 38.4. The molecule has 4 aromatic heterocycles. The van der Waals surface area contributed by atoms with Gasteiger partial charge in [0.25, 0.3) is 0 Å². The van der Waals surface area contributed by atoms with Crippen molar-refractivity contribution in [2.45, 2.75) is 113 Å². The first-order valence-corrected chi connectivity index (χ1v) is 24.5. The third-order valence-corrected chi connectivity index (χ3v) is 17.9. The Morgan fingerprint density at radius 1 is 0.686 bits per heavy atom. The molecule has 6 aromatic rings. The Labute approximate surface area is 401 Å². The number of hydrogen-bond acceptors (Lipinski definition) is 15. The first-order valence-electron chi connectivity index (χ1n) is 24.5. The molecule has 70 heavy (non-hydrogen) atoms. The highest BCUT2D eigenvalue weighted by Gasteiger charge is 2.59. The molecule has 10 aliphatic rings. The lowest BCUT2D eigenvalue weighted by Crippen LogP contribution is -2.62. The van der Waals surface area contributed by atoms with E-state index >= 15 is 0 Å². The van der Waals surface area contributed by atoms with E-state index in [9.17, 15) is 23.8 Å². The van der Waals surface area contributed by atoms with E-state index < -0.39 is 12.2 Å². The number of anilines is 4. The summed E-state index contributed by atoms with van der Waals surface area (Å²) in [5, 5.41) is 42.4. The van der Waals surface area contributed by atoms with Gasteiger partial charge in [-0.2, -0.15) is 0 Å². The Balaban J connectivity index is 0.000000130. The molecule has 0 spiro atoms. The number of nitrogens with zero attached hydrogens (tertiary/aromatic N) is 8.